The highest BCUT2D eigenvalue weighted by atomic mass is 16.2. The van der Waals surface area contributed by atoms with Gasteiger partial charge >= 0.3 is 0 Å². The van der Waals surface area contributed by atoms with Crippen LogP contribution in [0.5, 0.6) is 0 Å². The molecule has 1 saturated carbocycles. The van der Waals surface area contributed by atoms with Crippen molar-refractivity contribution in [2.24, 2.45) is 5.92 Å². The number of rotatable bonds is 8. The summed E-state index contributed by atoms with van der Waals surface area (Å²) in [5.41, 5.74) is 1.54. The average Bonchev–Trinajstić information content (AvgIpc) is 3.56. The molecule has 0 radical (unpaired) electrons. The van der Waals surface area contributed by atoms with Gasteiger partial charge in [-0.05, 0) is 49.1 Å². The molecule has 6 heteroatoms. The summed E-state index contributed by atoms with van der Waals surface area (Å²) in [5.74, 6) is -0.782. The lowest BCUT2D eigenvalue weighted by molar-refractivity contribution is -0.119. The fraction of sp³-hybridized carbons (Fsp3) is 0.348. The predicted octanol–water partition coefficient (Wildman–Crippen LogP) is 3.36. The van der Waals surface area contributed by atoms with Crippen LogP contribution in [0, 0.1) is 5.92 Å². The maximum absolute atomic E-state index is 12.9. The van der Waals surface area contributed by atoms with Gasteiger partial charge < -0.3 is 16.0 Å². The zero-order chi connectivity index (χ0) is 20.8. The van der Waals surface area contributed by atoms with Gasteiger partial charge in [0, 0.05) is 22.9 Å². The van der Waals surface area contributed by atoms with Gasteiger partial charge in [0.2, 0.25) is 5.91 Å². The van der Waals surface area contributed by atoms with Crippen LogP contribution in [0.3, 0.4) is 0 Å². The van der Waals surface area contributed by atoms with Crippen LogP contribution in [0.1, 0.15) is 53.8 Å². The van der Waals surface area contributed by atoms with Crippen molar-refractivity contribution in [3.8, 4) is 0 Å². The quantitative estimate of drug-likeness (QED) is 0.643. The van der Waals surface area contributed by atoms with E-state index in [-0.39, 0.29) is 29.7 Å². The molecule has 0 aliphatic heterocycles. The van der Waals surface area contributed by atoms with E-state index in [9.17, 15) is 14.4 Å². The van der Waals surface area contributed by atoms with Gasteiger partial charge in [0.1, 0.15) is 6.04 Å². The molecule has 0 aromatic heterocycles. The van der Waals surface area contributed by atoms with Crippen LogP contribution in [-0.2, 0) is 4.79 Å². The van der Waals surface area contributed by atoms with Crippen molar-refractivity contribution >= 4 is 23.4 Å². The van der Waals surface area contributed by atoms with Gasteiger partial charge in [0.25, 0.3) is 11.8 Å². The number of nitrogens with one attached hydrogen (secondary N) is 3. The second-order valence-electron chi connectivity index (χ2n) is 7.52. The van der Waals surface area contributed by atoms with Crippen molar-refractivity contribution in [3.05, 3.63) is 65.7 Å². The Kier molecular flexibility index (Phi) is 6.65. The number of carbonyl (C=O) groups is 3. The van der Waals surface area contributed by atoms with Crippen LogP contribution in [0.4, 0.5) is 5.69 Å². The van der Waals surface area contributed by atoms with Crippen LogP contribution < -0.4 is 16.0 Å². The van der Waals surface area contributed by atoms with Gasteiger partial charge in [0.15, 0.2) is 0 Å². The highest BCUT2D eigenvalue weighted by Crippen LogP contribution is 2.20. The second kappa shape index (κ2) is 9.37. The lowest BCUT2D eigenvalue weighted by Crippen LogP contribution is -2.47. The SMILES string of the molecule is CCC(C)C(NC(=O)c1ccccc1)C(=O)Nc1cccc(C(=O)NC2CC2)c1. The summed E-state index contributed by atoms with van der Waals surface area (Å²) in [7, 11) is 0. The van der Waals surface area contributed by atoms with Crippen molar-refractivity contribution in [2.75, 3.05) is 5.32 Å². The average molecular weight is 393 g/mol. The summed E-state index contributed by atoms with van der Waals surface area (Å²) >= 11 is 0. The number of hydrogen-bond donors (Lipinski definition) is 3. The number of benzene rings is 2. The summed E-state index contributed by atoms with van der Waals surface area (Å²) in [6.07, 6.45) is 2.76. The van der Waals surface area contributed by atoms with E-state index in [1.54, 1.807) is 48.5 Å². The summed E-state index contributed by atoms with van der Waals surface area (Å²) < 4.78 is 0. The lowest BCUT2D eigenvalue weighted by atomic mass is 9.97. The molecular weight excluding hydrogens is 366 g/mol. The molecule has 0 saturated heterocycles. The van der Waals surface area contributed by atoms with Crippen molar-refractivity contribution in [2.45, 2.75) is 45.2 Å². The molecule has 1 aliphatic carbocycles. The topological polar surface area (TPSA) is 87.3 Å². The first-order valence-corrected chi connectivity index (χ1v) is 10.1. The normalized spacial score (nSPS) is 15.1. The fourth-order valence-corrected chi connectivity index (χ4v) is 2.97. The first-order valence-electron chi connectivity index (χ1n) is 10.1. The Balaban J connectivity index is 1.69. The van der Waals surface area contributed by atoms with E-state index in [0.717, 1.165) is 19.3 Å². The first-order chi connectivity index (χ1) is 14.0. The Morgan fingerprint density at radius 1 is 0.966 bits per heavy atom. The molecule has 0 heterocycles. The molecular formula is C23H27N3O3. The molecule has 2 aromatic carbocycles. The minimum absolute atomic E-state index is 0.0518. The molecule has 29 heavy (non-hydrogen) atoms. The smallest absolute Gasteiger partial charge is 0.251 e. The Hall–Kier alpha value is -3.15. The molecule has 2 atom stereocenters. The van der Waals surface area contributed by atoms with E-state index in [1.807, 2.05) is 19.9 Å². The number of hydrogen-bond acceptors (Lipinski definition) is 3. The third kappa shape index (κ3) is 5.67. The number of carbonyl (C=O) groups excluding carboxylic acids is 3. The maximum atomic E-state index is 12.9. The molecule has 3 amide bonds. The van der Waals surface area contributed by atoms with E-state index in [1.165, 1.54) is 0 Å². The molecule has 2 unspecified atom stereocenters. The Morgan fingerprint density at radius 3 is 2.31 bits per heavy atom. The lowest BCUT2D eigenvalue weighted by Gasteiger charge is -2.23. The molecule has 6 nitrogen and oxygen atoms in total. The minimum atomic E-state index is -0.684. The predicted molar refractivity (Wildman–Crippen MR) is 113 cm³/mol. The van der Waals surface area contributed by atoms with Gasteiger partial charge in [-0.1, -0.05) is 44.5 Å². The first kappa shape index (κ1) is 20.6. The second-order valence-corrected chi connectivity index (χ2v) is 7.52. The summed E-state index contributed by atoms with van der Waals surface area (Å²) in [4.78, 5) is 37.7. The zero-order valence-electron chi connectivity index (χ0n) is 16.8. The Bertz CT molecular complexity index is 878. The molecule has 0 bridgehead atoms. The summed E-state index contributed by atoms with van der Waals surface area (Å²) in [6, 6.07) is 15.3. The number of amides is 3. The van der Waals surface area contributed by atoms with E-state index in [4.69, 9.17) is 0 Å². The van der Waals surface area contributed by atoms with Crippen LogP contribution in [0.25, 0.3) is 0 Å². The van der Waals surface area contributed by atoms with E-state index in [2.05, 4.69) is 16.0 Å². The van der Waals surface area contributed by atoms with Crippen molar-refractivity contribution in [1.82, 2.24) is 10.6 Å². The van der Waals surface area contributed by atoms with Crippen LogP contribution in [0.15, 0.2) is 54.6 Å². The monoisotopic (exact) mass is 393 g/mol. The third-order valence-corrected chi connectivity index (χ3v) is 5.12. The van der Waals surface area contributed by atoms with Gasteiger partial charge in [-0.3, -0.25) is 14.4 Å². The molecule has 0 spiro atoms. The highest BCUT2D eigenvalue weighted by Gasteiger charge is 2.27. The largest absolute Gasteiger partial charge is 0.349 e. The standard InChI is InChI=1S/C23H27N3O3/c1-3-15(2)20(26-21(27)16-8-5-4-6-9-16)23(29)25-19-11-7-10-17(14-19)22(28)24-18-12-13-18/h4-11,14-15,18,20H,3,12-13H2,1-2H3,(H,24,28)(H,25,29)(H,26,27). The molecule has 152 valence electrons. The Labute approximate surface area is 171 Å². The van der Waals surface area contributed by atoms with Crippen molar-refractivity contribution in [3.63, 3.8) is 0 Å². The molecule has 3 rings (SSSR count). The van der Waals surface area contributed by atoms with E-state index >= 15 is 0 Å². The molecule has 1 fully saturated rings. The van der Waals surface area contributed by atoms with Crippen molar-refractivity contribution in [1.29, 1.82) is 0 Å². The van der Waals surface area contributed by atoms with Gasteiger partial charge in [-0.25, -0.2) is 0 Å². The number of anilines is 1. The van der Waals surface area contributed by atoms with E-state index in [0.29, 0.717) is 16.8 Å². The molecule has 1 aliphatic rings. The Morgan fingerprint density at radius 2 is 1.66 bits per heavy atom. The van der Waals surface area contributed by atoms with Crippen LogP contribution in [-0.4, -0.2) is 29.8 Å². The fourth-order valence-electron chi connectivity index (χ4n) is 2.97. The van der Waals surface area contributed by atoms with Crippen LogP contribution in [0.2, 0.25) is 0 Å². The van der Waals surface area contributed by atoms with Gasteiger partial charge in [0.05, 0.1) is 0 Å². The summed E-state index contributed by atoms with van der Waals surface area (Å²) in [5, 5.41) is 8.63. The van der Waals surface area contributed by atoms with Crippen LogP contribution >= 0.6 is 0 Å². The molecule has 3 N–H and O–H groups in total. The molecule has 2 aromatic rings. The van der Waals surface area contributed by atoms with Gasteiger partial charge in [-0.2, -0.15) is 0 Å². The maximum Gasteiger partial charge on any atom is 0.251 e. The zero-order valence-corrected chi connectivity index (χ0v) is 16.8. The van der Waals surface area contributed by atoms with Crippen molar-refractivity contribution < 1.29 is 14.4 Å². The summed E-state index contributed by atoms with van der Waals surface area (Å²) in [6.45, 7) is 3.90. The highest BCUT2D eigenvalue weighted by molar-refractivity contribution is 6.02. The third-order valence-electron chi connectivity index (χ3n) is 5.12. The van der Waals surface area contributed by atoms with Gasteiger partial charge in [-0.15, -0.1) is 0 Å². The minimum Gasteiger partial charge on any atom is -0.349 e. The van der Waals surface area contributed by atoms with E-state index < -0.39 is 6.04 Å².